The summed E-state index contributed by atoms with van der Waals surface area (Å²) in [6.45, 7) is 6.42. The molecule has 1 aliphatic rings. The molecule has 0 aromatic heterocycles. The van der Waals surface area contributed by atoms with Crippen LogP contribution in [0.15, 0.2) is 18.2 Å². The van der Waals surface area contributed by atoms with Gasteiger partial charge in [-0.15, -0.1) is 0 Å². The van der Waals surface area contributed by atoms with Gasteiger partial charge in [0.05, 0.1) is 6.10 Å². The van der Waals surface area contributed by atoms with E-state index in [-0.39, 0.29) is 11.5 Å². The summed E-state index contributed by atoms with van der Waals surface area (Å²) in [4.78, 5) is 0. The molecule has 1 aliphatic carbocycles. The van der Waals surface area contributed by atoms with Crippen molar-refractivity contribution in [3.63, 3.8) is 0 Å². The average Bonchev–Trinajstić information content (AvgIpc) is 2.11. The highest BCUT2D eigenvalue weighted by molar-refractivity contribution is 5.42. The third-order valence-corrected chi connectivity index (χ3v) is 3.52. The molecule has 1 nitrogen and oxygen atoms in total. The zero-order valence-corrected chi connectivity index (χ0v) is 9.17. The van der Waals surface area contributed by atoms with Gasteiger partial charge >= 0.3 is 0 Å². The Kier molecular flexibility index (Phi) is 2.15. The molecule has 14 heavy (non-hydrogen) atoms. The minimum Gasteiger partial charge on any atom is -0.392 e. The second-order valence-corrected chi connectivity index (χ2v) is 4.89. The minimum atomic E-state index is -0.198. The van der Waals surface area contributed by atoms with Crippen LogP contribution in [-0.2, 0) is 11.8 Å². The van der Waals surface area contributed by atoms with E-state index in [9.17, 15) is 5.11 Å². The molecular formula is C13H18O. The molecule has 0 bridgehead atoms. The molecule has 76 valence electrons. The normalized spacial score (nSPS) is 24.4. The van der Waals surface area contributed by atoms with Gasteiger partial charge in [-0.3, -0.25) is 0 Å². The van der Waals surface area contributed by atoms with Crippen LogP contribution in [0.5, 0.6) is 0 Å². The molecule has 1 heteroatoms. The summed E-state index contributed by atoms with van der Waals surface area (Å²) in [7, 11) is 0. The first-order valence-electron chi connectivity index (χ1n) is 5.30. The minimum absolute atomic E-state index is 0.0844. The third kappa shape index (κ3) is 1.27. The topological polar surface area (TPSA) is 20.2 Å². The van der Waals surface area contributed by atoms with Crippen LogP contribution in [0.25, 0.3) is 0 Å². The van der Waals surface area contributed by atoms with Gasteiger partial charge in [0, 0.05) is 5.41 Å². The van der Waals surface area contributed by atoms with E-state index in [0.29, 0.717) is 0 Å². The molecule has 0 saturated heterocycles. The van der Waals surface area contributed by atoms with Crippen molar-refractivity contribution in [3.8, 4) is 0 Å². The van der Waals surface area contributed by atoms with Crippen molar-refractivity contribution in [2.75, 3.05) is 0 Å². The Morgan fingerprint density at radius 3 is 2.79 bits per heavy atom. The molecule has 2 rings (SSSR count). The Morgan fingerprint density at radius 1 is 1.36 bits per heavy atom. The maximum absolute atomic E-state index is 10.0. The standard InChI is InChI=1S/C13H18O/c1-9-5-4-6-10-7-8-11(14)13(2,3)12(9)10/h4-6,11,14H,7-8H2,1-3H3. The van der Waals surface area contributed by atoms with Crippen molar-refractivity contribution in [2.45, 2.75) is 45.1 Å². The predicted octanol–water partition coefficient (Wildman–Crippen LogP) is 2.58. The number of hydrogen-bond acceptors (Lipinski definition) is 1. The van der Waals surface area contributed by atoms with Crippen molar-refractivity contribution in [2.24, 2.45) is 0 Å². The summed E-state index contributed by atoms with van der Waals surface area (Å²) in [5, 5.41) is 10.0. The van der Waals surface area contributed by atoms with E-state index in [2.05, 4.69) is 39.0 Å². The zero-order chi connectivity index (χ0) is 10.3. The summed E-state index contributed by atoms with van der Waals surface area (Å²) < 4.78 is 0. The molecule has 0 radical (unpaired) electrons. The van der Waals surface area contributed by atoms with Gasteiger partial charge in [-0.1, -0.05) is 32.0 Å². The second kappa shape index (κ2) is 3.09. The number of hydrogen-bond donors (Lipinski definition) is 1. The summed E-state index contributed by atoms with van der Waals surface area (Å²) in [5.74, 6) is 0. The lowest BCUT2D eigenvalue weighted by Gasteiger charge is -2.38. The number of aliphatic hydroxyl groups excluding tert-OH is 1. The van der Waals surface area contributed by atoms with E-state index in [1.807, 2.05) is 0 Å². The first kappa shape index (κ1) is 9.72. The van der Waals surface area contributed by atoms with E-state index >= 15 is 0 Å². The van der Waals surface area contributed by atoms with Crippen molar-refractivity contribution < 1.29 is 5.11 Å². The van der Waals surface area contributed by atoms with Crippen LogP contribution in [0.4, 0.5) is 0 Å². The quantitative estimate of drug-likeness (QED) is 0.666. The van der Waals surface area contributed by atoms with Gasteiger partial charge < -0.3 is 5.11 Å². The molecule has 1 aromatic carbocycles. The van der Waals surface area contributed by atoms with Crippen LogP contribution in [0.2, 0.25) is 0 Å². The Bertz CT molecular complexity index is 352. The first-order chi connectivity index (χ1) is 6.53. The van der Waals surface area contributed by atoms with Crippen LogP contribution in [0, 0.1) is 6.92 Å². The number of aryl methyl sites for hydroxylation is 2. The lowest BCUT2D eigenvalue weighted by molar-refractivity contribution is 0.0827. The van der Waals surface area contributed by atoms with Gasteiger partial charge in [0.2, 0.25) is 0 Å². The lowest BCUT2D eigenvalue weighted by atomic mass is 9.69. The average molecular weight is 190 g/mol. The van der Waals surface area contributed by atoms with Gasteiger partial charge in [-0.2, -0.15) is 0 Å². The van der Waals surface area contributed by atoms with Crippen LogP contribution in [0.1, 0.15) is 37.0 Å². The van der Waals surface area contributed by atoms with Crippen molar-refractivity contribution >= 4 is 0 Å². The van der Waals surface area contributed by atoms with Crippen molar-refractivity contribution in [1.29, 1.82) is 0 Å². The smallest absolute Gasteiger partial charge is 0.0634 e. The Morgan fingerprint density at radius 2 is 2.07 bits per heavy atom. The molecule has 0 heterocycles. The summed E-state index contributed by atoms with van der Waals surface area (Å²) in [6.07, 6.45) is 1.71. The molecule has 0 aliphatic heterocycles. The second-order valence-electron chi connectivity index (χ2n) is 4.89. The fourth-order valence-corrected chi connectivity index (χ4v) is 2.68. The number of benzene rings is 1. The Hall–Kier alpha value is -0.820. The number of fused-ring (bicyclic) bond motifs is 1. The van der Waals surface area contributed by atoms with Crippen LogP contribution in [0.3, 0.4) is 0 Å². The predicted molar refractivity (Wildman–Crippen MR) is 58.5 cm³/mol. The zero-order valence-electron chi connectivity index (χ0n) is 9.17. The molecule has 0 saturated carbocycles. The maximum Gasteiger partial charge on any atom is 0.0634 e. The fraction of sp³-hybridized carbons (Fsp3) is 0.538. The van der Waals surface area contributed by atoms with Crippen molar-refractivity contribution in [3.05, 3.63) is 34.9 Å². The van der Waals surface area contributed by atoms with E-state index in [0.717, 1.165) is 12.8 Å². The molecule has 1 aromatic rings. The summed E-state index contributed by atoms with van der Waals surface area (Å²) >= 11 is 0. The van der Waals surface area contributed by atoms with Gasteiger partial charge in [-0.05, 0) is 36.5 Å². The molecule has 0 fully saturated rings. The van der Waals surface area contributed by atoms with Crippen molar-refractivity contribution in [1.82, 2.24) is 0 Å². The van der Waals surface area contributed by atoms with Gasteiger partial charge in [0.25, 0.3) is 0 Å². The highest BCUT2D eigenvalue weighted by Gasteiger charge is 2.36. The Balaban J connectivity index is 2.61. The molecular weight excluding hydrogens is 172 g/mol. The van der Waals surface area contributed by atoms with Gasteiger partial charge in [-0.25, -0.2) is 0 Å². The van der Waals surface area contributed by atoms with Gasteiger partial charge in [0.1, 0.15) is 0 Å². The van der Waals surface area contributed by atoms with E-state index in [1.165, 1.54) is 16.7 Å². The summed E-state index contributed by atoms with van der Waals surface area (Å²) in [5.41, 5.74) is 4.00. The van der Waals surface area contributed by atoms with Crippen LogP contribution < -0.4 is 0 Å². The largest absolute Gasteiger partial charge is 0.392 e. The number of aliphatic hydroxyl groups is 1. The molecule has 1 unspecified atom stereocenters. The van der Waals surface area contributed by atoms with Crippen LogP contribution >= 0.6 is 0 Å². The Labute approximate surface area is 85.8 Å². The molecule has 0 spiro atoms. The fourth-order valence-electron chi connectivity index (χ4n) is 2.68. The highest BCUT2D eigenvalue weighted by atomic mass is 16.3. The molecule has 1 N–H and O–H groups in total. The molecule has 1 atom stereocenters. The molecule has 0 amide bonds. The first-order valence-corrected chi connectivity index (χ1v) is 5.30. The SMILES string of the molecule is Cc1cccc2c1C(C)(C)C(O)CC2. The summed E-state index contributed by atoms with van der Waals surface area (Å²) in [6, 6.07) is 6.44. The van der Waals surface area contributed by atoms with Crippen LogP contribution in [-0.4, -0.2) is 11.2 Å². The van der Waals surface area contributed by atoms with E-state index in [4.69, 9.17) is 0 Å². The monoisotopic (exact) mass is 190 g/mol. The van der Waals surface area contributed by atoms with E-state index in [1.54, 1.807) is 0 Å². The third-order valence-electron chi connectivity index (χ3n) is 3.52. The van der Waals surface area contributed by atoms with E-state index < -0.39 is 0 Å². The lowest BCUT2D eigenvalue weighted by Crippen LogP contribution is -2.39. The number of rotatable bonds is 0. The van der Waals surface area contributed by atoms with Gasteiger partial charge in [0.15, 0.2) is 0 Å². The maximum atomic E-state index is 10.0. The highest BCUT2D eigenvalue weighted by Crippen LogP contribution is 2.38.